The van der Waals surface area contributed by atoms with Crippen molar-refractivity contribution in [3.05, 3.63) is 48.3 Å². The first kappa shape index (κ1) is 13.1. The van der Waals surface area contributed by atoms with Gasteiger partial charge in [-0.05, 0) is 36.4 Å². The van der Waals surface area contributed by atoms with Crippen molar-refractivity contribution in [1.29, 1.82) is 5.26 Å². The Hall–Kier alpha value is -2.39. The summed E-state index contributed by atoms with van der Waals surface area (Å²) < 4.78 is 22.6. The minimum absolute atomic E-state index is 0.269. The highest BCUT2D eigenvalue weighted by molar-refractivity contribution is 7.90. The second-order valence-electron chi connectivity index (χ2n) is 3.96. The topological polar surface area (TPSA) is 82.8 Å². The molecule has 2 aromatic rings. The third-order valence-electron chi connectivity index (χ3n) is 2.45. The highest BCUT2D eigenvalue weighted by Gasteiger charge is 2.06. The van der Waals surface area contributed by atoms with E-state index < -0.39 is 9.84 Å². The van der Waals surface area contributed by atoms with E-state index in [1.807, 2.05) is 6.07 Å². The Bertz CT molecular complexity index is 731. The fourth-order valence-corrected chi connectivity index (χ4v) is 2.15. The fraction of sp³-hybridized carbons (Fsp3) is 0.0769. The molecule has 0 fully saturated rings. The van der Waals surface area contributed by atoms with Crippen molar-refractivity contribution in [1.82, 2.24) is 4.98 Å². The lowest BCUT2D eigenvalue weighted by Crippen LogP contribution is -1.97. The van der Waals surface area contributed by atoms with Gasteiger partial charge in [0.15, 0.2) is 9.84 Å². The Kier molecular flexibility index (Phi) is 3.49. The lowest BCUT2D eigenvalue weighted by molar-refractivity contribution is 0.602. The van der Waals surface area contributed by atoms with Crippen LogP contribution in [0.25, 0.3) is 0 Å². The molecule has 1 heterocycles. The summed E-state index contributed by atoms with van der Waals surface area (Å²) in [5, 5.41) is 11.8. The van der Waals surface area contributed by atoms with E-state index in [1.165, 1.54) is 18.3 Å². The van der Waals surface area contributed by atoms with Gasteiger partial charge in [0.25, 0.3) is 0 Å². The minimum Gasteiger partial charge on any atom is -0.355 e. The van der Waals surface area contributed by atoms with Crippen LogP contribution in [0, 0.1) is 11.3 Å². The molecule has 96 valence electrons. The van der Waals surface area contributed by atoms with Crippen LogP contribution in [-0.2, 0) is 9.84 Å². The van der Waals surface area contributed by atoms with Gasteiger partial charge in [0.1, 0.15) is 11.8 Å². The van der Waals surface area contributed by atoms with E-state index in [-0.39, 0.29) is 4.90 Å². The Balaban J connectivity index is 2.22. The lowest BCUT2D eigenvalue weighted by atomic mass is 10.3. The Labute approximate surface area is 111 Å². The highest BCUT2D eigenvalue weighted by Crippen LogP contribution is 2.18. The molecular formula is C13H11N3O2S. The van der Waals surface area contributed by atoms with Crippen molar-refractivity contribution in [3.63, 3.8) is 0 Å². The maximum absolute atomic E-state index is 11.3. The third-order valence-corrected chi connectivity index (χ3v) is 3.57. The first-order chi connectivity index (χ1) is 8.99. The average Bonchev–Trinajstić information content (AvgIpc) is 2.38. The van der Waals surface area contributed by atoms with Gasteiger partial charge in [-0.2, -0.15) is 5.26 Å². The van der Waals surface area contributed by atoms with Crippen LogP contribution in [-0.4, -0.2) is 19.7 Å². The summed E-state index contributed by atoms with van der Waals surface area (Å²) in [7, 11) is -3.18. The maximum atomic E-state index is 11.3. The predicted octanol–water partition coefficient (Wildman–Crippen LogP) is 2.10. The number of anilines is 2. The van der Waals surface area contributed by atoms with Gasteiger partial charge in [0, 0.05) is 23.8 Å². The van der Waals surface area contributed by atoms with Gasteiger partial charge in [-0.3, -0.25) is 0 Å². The second kappa shape index (κ2) is 5.08. The van der Waals surface area contributed by atoms with Gasteiger partial charge in [-0.15, -0.1) is 0 Å². The molecule has 0 spiro atoms. The number of nitrogens with one attached hydrogen (secondary N) is 1. The molecule has 0 bridgehead atoms. The maximum Gasteiger partial charge on any atom is 0.175 e. The molecule has 1 aromatic carbocycles. The van der Waals surface area contributed by atoms with Crippen LogP contribution >= 0.6 is 0 Å². The SMILES string of the molecule is CS(=O)(=O)c1ccc(Nc2ccnc(C#N)c2)cc1. The molecule has 0 aliphatic rings. The molecule has 0 saturated carbocycles. The van der Waals surface area contributed by atoms with Crippen LogP contribution in [0.15, 0.2) is 47.5 Å². The lowest BCUT2D eigenvalue weighted by Gasteiger charge is -2.07. The third kappa shape index (κ3) is 3.30. The highest BCUT2D eigenvalue weighted by atomic mass is 32.2. The fourth-order valence-electron chi connectivity index (χ4n) is 1.52. The summed E-state index contributed by atoms with van der Waals surface area (Å²) in [5.74, 6) is 0. The van der Waals surface area contributed by atoms with Crippen LogP contribution < -0.4 is 5.32 Å². The zero-order valence-corrected chi connectivity index (χ0v) is 11.0. The van der Waals surface area contributed by atoms with Crippen LogP contribution in [0.3, 0.4) is 0 Å². The van der Waals surface area contributed by atoms with Gasteiger partial charge >= 0.3 is 0 Å². The van der Waals surface area contributed by atoms with E-state index in [0.717, 1.165) is 17.6 Å². The van der Waals surface area contributed by atoms with Gasteiger partial charge < -0.3 is 5.32 Å². The Morgan fingerprint density at radius 3 is 2.42 bits per heavy atom. The van der Waals surface area contributed by atoms with Gasteiger partial charge in [-0.1, -0.05) is 0 Å². The molecule has 1 aromatic heterocycles. The number of nitriles is 1. The zero-order chi connectivity index (χ0) is 13.9. The summed E-state index contributed by atoms with van der Waals surface area (Å²) in [6, 6.07) is 11.7. The van der Waals surface area contributed by atoms with Crippen molar-refractivity contribution in [2.24, 2.45) is 0 Å². The number of hydrogen-bond donors (Lipinski definition) is 1. The first-order valence-electron chi connectivity index (χ1n) is 5.42. The number of hydrogen-bond acceptors (Lipinski definition) is 5. The Morgan fingerprint density at radius 2 is 1.84 bits per heavy atom. The van der Waals surface area contributed by atoms with E-state index in [0.29, 0.717) is 5.69 Å². The van der Waals surface area contributed by atoms with E-state index in [2.05, 4.69) is 10.3 Å². The van der Waals surface area contributed by atoms with Crippen molar-refractivity contribution in [3.8, 4) is 6.07 Å². The largest absolute Gasteiger partial charge is 0.355 e. The summed E-state index contributed by atoms with van der Waals surface area (Å²) in [6.45, 7) is 0. The molecule has 0 radical (unpaired) electrons. The normalized spacial score (nSPS) is 10.7. The molecule has 0 atom stereocenters. The van der Waals surface area contributed by atoms with Crippen molar-refractivity contribution < 1.29 is 8.42 Å². The first-order valence-corrected chi connectivity index (χ1v) is 7.31. The molecule has 0 aliphatic heterocycles. The molecule has 1 N–H and O–H groups in total. The standard InChI is InChI=1S/C13H11N3O2S/c1-19(17,18)13-4-2-10(3-5-13)16-11-6-7-15-12(8-11)9-14/h2-8H,1H3,(H,15,16). The van der Waals surface area contributed by atoms with Gasteiger partial charge in [-0.25, -0.2) is 13.4 Å². The van der Waals surface area contributed by atoms with Crippen molar-refractivity contribution in [2.45, 2.75) is 4.90 Å². The number of nitrogens with zero attached hydrogens (tertiary/aromatic N) is 2. The van der Waals surface area contributed by atoms with Crippen LogP contribution in [0.4, 0.5) is 11.4 Å². The van der Waals surface area contributed by atoms with E-state index in [4.69, 9.17) is 5.26 Å². The van der Waals surface area contributed by atoms with Crippen LogP contribution in [0.5, 0.6) is 0 Å². The van der Waals surface area contributed by atoms with E-state index in [9.17, 15) is 8.42 Å². The van der Waals surface area contributed by atoms with E-state index in [1.54, 1.807) is 24.3 Å². The summed E-state index contributed by atoms with van der Waals surface area (Å²) in [5.41, 5.74) is 1.78. The average molecular weight is 273 g/mol. The summed E-state index contributed by atoms with van der Waals surface area (Å²) in [6.07, 6.45) is 2.70. The van der Waals surface area contributed by atoms with Crippen LogP contribution in [0.2, 0.25) is 0 Å². The van der Waals surface area contributed by atoms with Gasteiger partial charge in [0.05, 0.1) is 4.90 Å². The molecule has 0 aliphatic carbocycles. The molecule has 6 heteroatoms. The Morgan fingerprint density at radius 1 is 1.16 bits per heavy atom. The minimum atomic E-state index is -3.18. The molecular weight excluding hydrogens is 262 g/mol. The molecule has 5 nitrogen and oxygen atoms in total. The molecule has 0 unspecified atom stereocenters. The van der Waals surface area contributed by atoms with Gasteiger partial charge in [0.2, 0.25) is 0 Å². The molecule has 0 saturated heterocycles. The molecule has 0 amide bonds. The molecule has 19 heavy (non-hydrogen) atoms. The van der Waals surface area contributed by atoms with E-state index >= 15 is 0 Å². The van der Waals surface area contributed by atoms with Crippen molar-refractivity contribution >= 4 is 21.2 Å². The summed E-state index contributed by atoms with van der Waals surface area (Å²) in [4.78, 5) is 4.13. The number of pyridine rings is 1. The van der Waals surface area contributed by atoms with Crippen molar-refractivity contribution in [2.75, 3.05) is 11.6 Å². The smallest absolute Gasteiger partial charge is 0.175 e. The predicted molar refractivity (Wildman–Crippen MR) is 71.8 cm³/mol. The number of rotatable bonds is 3. The second-order valence-corrected chi connectivity index (χ2v) is 5.98. The van der Waals surface area contributed by atoms with Crippen LogP contribution in [0.1, 0.15) is 5.69 Å². The molecule has 2 rings (SSSR count). The number of benzene rings is 1. The number of aromatic nitrogens is 1. The summed E-state index contributed by atoms with van der Waals surface area (Å²) >= 11 is 0. The number of sulfone groups is 1. The quantitative estimate of drug-likeness (QED) is 0.926. The zero-order valence-electron chi connectivity index (χ0n) is 10.2. The monoisotopic (exact) mass is 273 g/mol.